The molecule has 0 saturated carbocycles. The van der Waals surface area contributed by atoms with Gasteiger partial charge in [-0.15, -0.1) is 11.3 Å². The van der Waals surface area contributed by atoms with Crippen LogP contribution in [-0.2, 0) is 4.79 Å². The first kappa shape index (κ1) is 18.5. The van der Waals surface area contributed by atoms with Crippen molar-refractivity contribution in [1.82, 2.24) is 4.90 Å². The average Bonchev–Trinajstić information content (AvgIpc) is 3.00. The van der Waals surface area contributed by atoms with Crippen LogP contribution < -0.4 is 4.74 Å². The van der Waals surface area contributed by atoms with Gasteiger partial charge < -0.3 is 9.64 Å². The van der Waals surface area contributed by atoms with E-state index in [9.17, 15) is 9.59 Å². The van der Waals surface area contributed by atoms with E-state index in [0.717, 1.165) is 5.75 Å². The number of nitrogens with zero attached hydrogens (tertiary/aromatic N) is 1. The summed E-state index contributed by atoms with van der Waals surface area (Å²) < 4.78 is 6.18. The molecule has 0 saturated heterocycles. The van der Waals surface area contributed by atoms with E-state index < -0.39 is 0 Å². The standard InChI is InChI=1S/C18H20ClNO3S/c1-13-3-5-14(6-4-13)23-12-11-20(2)18(22)10-7-15(21)16-8-9-17(19)24-16/h3-6,8-9H,7,10-12H2,1-2H3. The number of amides is 1. The Morgan fingerprint density at radius 3 is 2.46 bits per heavy atom. The maximum atomic E-state index is 12.1. The zero-order valence-electron chi connectivity index (χ0n) is 13.8. The number of likely N-dealkylation sites (N-methyl/N-ethyl adjacent to an activating group) is 1. The lowest BCUT2D eigenvalue weighted by atomic mass is 10.2. The number of carbonyl (C=O) groups is 2. The van der Waals surface area contributed by atoms with E-state index in [2.05, 4.69) is 0 Å². The van der Waals surface area contributed by atoms with Gasteiger partial charge >= 0.3 is 0 Å². The molecule has 2 rings (SSSR count). The van der Waals surface area contributed by atoms with Crippen molar-refractivity contribution >= 4 is 34.6 Å². The van der Waals surface area contributed by atoms with Gasteiger partial charge in [-0.3, -0.25) is 9.59 Å². The molecule has 128 valence electrons. The monoisotopic (exact) mass is 365 g/mol. The largest absolute Gasteiger partial charge is 0.492 e. The maximum Gasteiger partial charge on any atom is 0.222 e. The molecule has 2 aromatic rings. The third-order valence-electron chi connectivity index (χ3n) is 3.56. The fraction of sp³-hybridized carbons (Fsp3) is 0.333. The molecule has 1 aromatic carbocycles. The van der Waals surface area contributed by atoms with Gasteiger partial charge in [0.2, 0.25) is 5.91 Å². The van der Waals surface area contributed by atoms with Crippen molar-refractivity contribution < 1.29 is 14.3 Å². The van der Waals surface area contributed by atoms with Crippen molar-refractivity contribution in [3.05, 3.63) is 51.2 Å². The molecular weight excluding hydrogens is 346 g/mol. The topological polar surface area (TPSA) is 46.6 Å². The van der Waals surface area contributed by atoms with Crippen LogP contribution >= 0.6 is 22.9 Å². The third-order valence-corrected chi connectivity index (χ3v) is 4.83. The minimum atomic E-state index is -0.0708. The van der Waals surface area contributed by atoms with E-state index in [1.165, 1.54) is 16.9 Å². The van der Waals surface area contributed by atoms with Crippen LogP contribution in [-0.4, -0.2) is 36.8 Å². The molecule has 0 atom stereocenters. The Kier molecular flexibility index (Phi) is 6.82. The summed E-state index contributed by atoms with van der Waals surface area (Å²) in [4.78, 5) is 26.2. The van der Waals surface area contributed by atoms with Crippen LogP contribution in [0.25, 0.3) is 0 Å². The van der Waals surface area contributed by atoms with Gasteiger partial charge in [0, 0.05) is 19.9 Å². The second kappa shape index (κ2) is 8.85. The number of Topliss-reactive ketones (excluding diaryl/α,β-unsaturated/α-hetero) is 1. The maximum absolute atomic E-state index is 12.1. The summed E-state index contributed by atoms with van der Waals surface area (Å²) in [6.07, 6.45) is 0.383. The molecule has 1 amide bonds. The quantitative estimate of drug-likeness (QED) is 0.658. The second-order valence-electron chi connectivity index (χ2n) is 5.50. The summed E-state index contributed by atoms with van der Waals surface area (Å²) in [5, 5.41) is 0. The molecule has 0 spiro atoms. The highest BCUT2D eigenvalue weighted by molar-refractivity contribution is 7.18. The number of carbonyl (C=O) groups excluding carboxylic acids is 2. The summed E-state index contributed by atoms with van der Waals surface area (Å²) in [5.74, 6) is 0.661. The number of hydrogen-bond donors (Lipinski definition) is 0. The van der Waals surface area contributed by atoms with Crippen LogP contribution in [0, 0.1) is 6.92 Å². The third kappa shape index (κ3) is 5.65. The molecule has 1 heterocycles. The number of rotatable bonds is 8. The van der Waals surface area contributed by atoms with Crippen LogP contribution in [0.1, 0.15) is 28.1 Å². The van der Waals surface area contributed by atoms with Crippen molar-refractivity contribution in [1.29, 1.82) is 0 Å². The summed E-state index contributed by atoms with van der Waals surface area (Å²) >= 11 is 7.05. The highest BCUT2D eigenvalue weighted by Crippen LogP contribution is 2.23. The van der Waals surface area contributed by atoms with Crippen molar-refractivity contribution in [2.75, 3.05) is 20.2 Å². The van der Waals surface area contributed by atoms with Gasteiger partial charge in [-0.1, -0.05) is 29.3 Å². The van der Waals surface area contributed by atoms with Gasteiger partial charge in [0.15, 0.2) is 5.78 Å². The summed E-state index contributed by atoms with van der Waals surface area (Å²) in [6.45, 7) is 2.91. The van der Waals surface area contributed by atoms with E-state index in [1.54, 1.807) is 24.1 Å². The Morgan fingerprint density at radius 1 is 1.12 bits per heavy atom. The molecule has 0 N–H and O–H groups in total. The van der Waals surface area contributed by atoms with Gasteiger partial charge in [-0.25, -0.2) is 0 Å². The van der Waals surface area contributed by atoms with E-state index in [4.69, 9.17) is 16.3 Å². The van der Waals surface area contributed by atoms with E-state index in [0.29, 0.717) is 22.4 Å². The molecule has 1 aromatic heterocycles. The summed E-state index contributed by atoms with van der Waals surface area (Å²) in [5.41, 5.74) is 1.17. The molecule has 0 aliphatic carbocycles. The van der Waals surface area contributed by atoms with Crippen LogP contribution in [0.3, 0.4) is 0 Å². The average molecular weight is 366 g/mol. The lowest BCUT2D eigenvalue weighted by Crippen LogP contribution is -2.31. The molecule has 0 aliphatic heterocycles. The fourth-order valence-electron chi connectivity index (χ4n) is 2.06. The van der Waals surface area contributed by atoms with Crippen LogP contribution in [0.5, 0.6) is 5.75 Å². The first-order chi connectivity index (χ1) is 11.5. The van der Waals surface area contributed by atoms with Gasteiger partial charge in [-0.05, 0) is 31.2 Å². The smallest absolute Gasteiger partial charge is 0.222 e. The molecule has 6 heteroatoms. The SMILES string of the molecule is Cc1ccc(OCCN(C)C(=O)CCC(=O)c2ccc(Cl)s2)cc1. The number of benzene rings is 1. The molecule has 0 radical (unpaired) electrons. The minimum Gasteiger partial charge on any atom is -0.492 e. The van der Waals surface area contributed by atoms with Crippen molar-refractivity contribution in [2.45, 2.75) is 19.8 Å². The normalized spacial score (nSPS) is 10.5. The number of ketones is 1. The Balaban J connectivity index is 1.70. The number of hydrogen-bond acceptors (Lipinski definition) is 4. The number of thiophene rings is 1. The number of ether oxygens (including phenoxy) is 1. The Hall–Kier alpha value is -1.85. The van der Waals surface area contributed by atoms with Crippen LogP contribution in [0.4, 0.5) is 0 Å². The van der Waals surface area contributed by atoms with Crippen LogP contribution in [0.15, 0.2) is 36.4 Å². The van der Waals surface area contributed by atoms with Gasteiger partial charge in [-0.2, -0.15) is 0 Å². The van der Waals surface area contributed by atoms with Gasteiger partial charge in [0.05, 0.1) is 15.8 Å². The number of halogens is 1. The van der Waals surface area contributed by atoms with Crippen LogP contribution in [0.2, 0.25) is 4.34 Å². The molecule has 0 aliphatic rings. The van der Waals surface area contributed by atoms with E-state index >= 15 is 0 Å². The molecule has 0 fully saturated rings. The highest BCUT2D eigenvalue weighted by Gasteiger charge is 2.14. The van der Waals surface area contributed by atoms with Crippen molar-refractivity contribution in [3.8, 4) is 5.75 Å². The van der Waals surface area contributed by atoms with Gasteiger partial charge in [0.1, 0.15) is 12.4 Å². The lowest BCUT2D eigenvalue weighted by molar-refractivity contribution is -0.130. The first-order valence-corrected chi connectivity index (χ1v) is 8.87. The molecule has 24 heavy (non-hydrogen) atoms. The zero-order chi connectivity index (χ0) is 17.5. The highest BCUT2D eigenvalue weighted by atomic mass is 35.5. The summed E-state index contributed by atoms with van der Waals surface area (Å²) in [7, 11) is 1.72. The predicted molar refractivity (Wildman–Crippen MR) is 97.2 cm³/mol. The van der Waals surface area contributed by atoms with E-state index in [-0.39, 0.29) is 24.5 Å². The molecule has 4 nitrogen and oxygen atoms in total. The summed E-state index contributed by atoms with van der Waals surface area (Å²) in [6, 6.07) is 11.2. The Morgan fingerprint density at radius 2 is 1.83 bits per heavy atom. The molecule has 0 bridgehead atoms. The zero-order valence-corrected chi connectivity index (χ0v) is 15.3. The fourth-order valence-corrected chi connectivity index (χ4v) is 3.07. The second-order valence-corrected chi connectivity index (χ2v) is 7.22. The minimum absolute atomic E-state index is 0.0513. The molecular formula is C18H20ClNO3S. The van der Waals surface area contributed by atoms with Crippen molar-refractivity contribution in [3.63, 3.8) is 0 Å². The number of aryl methyl sites for hydroxylation is 1. The first-order valence-electron chi connectivity index (χ1n) is 7.67. The van der Waals surface area contributed by atoms with E-state index in [1.807, 2.05) is 31.2 Å². The van der Waals surface area contributed by atoms with Gasteiger partial charge in [0.25, 0.3) is 0 Å². The predicted octanol–water partition coefficient (Wildman–Crippen LogP) is 4.21. The Labute approximate surface area is 151 Å². The molecule has 0 unspecified atom stereocenters. The lowest BCUT2D eigenvalue weighted by Gasteiger charge is -2.17. The van der Waals surface area contributed by atoms with Crippen molar-refractivity contribution in [2.24, 2.45) is 0 Å². The Bertz CT molecular complexity index is 697.